The summed E-state index contributed by atoms with van der Waals surface area (Å²) in [6, 6.07) is 1.89. The van der Waals surface area contributed by atoms with Crippen LogP contribution in [0.5, 0.6) is 0 Å². The van der Waals surface area contributed by atoms with E-state index in [1.54, 1.807) is 0 Å². The van der Waals surface area contributed by atoms with Crippen LogP contribution in [-0.4, -0.2) is 67.8 Å². The Balaban J connectivity index is 1.43. The van der Waals surface area contributed by atoms with Crippen LogP contribution < -0.4 is 4.90 Å². The molecular weight excluding hydrogens is 386 g/mol. The number of nitrogens with one attached hydrogen (secondary N) is 1. The number of aryl methyl sites for hydroxylation is 1. The standard InChI is InChI=1S/C16H19N7O2S2/c1-10-7-12(11(2)23(10)14-17-9-18-19-14)13(24)8-26-16-21-20-15(27-16)22-3-5-25-6-4-22/h7,9H,3-6,8H2,1-2H3,(H,17,18,19). The normalized spacial score (nSPS) is 14.7. The molecule has 4 heterocycles. The van der Waals surface area contributed by atoms with Crippen molar-refractivity contribution < 1.29 is 9.53 Å². The minimum absolute atomic E-state index is 0.0574. The van der Waals surface area contributed by atoms with Crippen molar-refractivity contribution in [3.05, 3.63) is 29.3 Å². The van der Waals surface area contributed by atoms with Gasteiger partial charge in [-0.1, -0.05) is 23.1 Å². The summed E-state index contributed by atoms with van der Waals surface area (Å²) in [5, 5.41) is 16.1. The third-order valence-corrected chi connectivity index (χ3v) is 6.47. The van der Waals surface area contributed by atoms with Gasteiger partial charge in [-0.15, -0.1) is 10.2 Å². The lowest BCUT2D eigenvalue weighted by Crippen LogP contribution is -2.36. The molecule has 4 rings (SSSR count). The summed E-state index contributed by atoms with van der Waals surface area (Å²) in [6.45, 7) is 6.92. The van der Waals surface area contributed by atoms with E-state index in [-0.39, 0.29) is 5.78 Å². The van der Waals surface area contributed by atoms with Crippen molar-refractivity contribution in [3.8, 4) is 5.95 Å². The minimum atomic E-state index is 0.0574. The molecule has 3 aromatic heterocycles. The summed E-state index contributed by atoms with van der Waals surface area (Å²) in [5.74, 6) is 0.983. The quantitative estimate of drug-likeness (QED) is 0.490. The maximum absolute atomic E-state index is 12.7. The smallest absolute Gasteiger partial charge is 0.229 e. The first-order valence-electron chi connectivity index (χ1n) is 8.50. The molecule has 0 aromatic carbocycles. The van der Waals surface area contributed by atoms with Gasteiger partial charge in [0.25, 0.3) is 0 Å². The molecule has 0 aliphatic carbocycles. The number of carbonyl (C=O) groups is 1. The number of aromatic amines is 1. The summed E-state index contributed by atoms with van der Waals surface area (Å²) < 4.78 is 8.05. The summed E-state index contributed by atoms with van der Waals surface area (Å²) in [4.78, 5) is 19.1. The maximum atomic E-state index is 12.7. The van der Waals surface area contributed by atoms with Crippen molar-refractivity contribution in [1.29, 1.82) is 0 Å². The van der Waals surface area contributed by atoms with Crippen LogP contribution in [-0.2, 0) is 4.74 Å². The van der Waals surface area contributed by atoms with Crippen LogP contribution in [0.15, 0.2) is 16.7 Å². The van der Waals surface area contributed by atoms with Gasteiger partial charge in [0.05, 0.1) is 19.0 Å². The number of ether oxygens (including phenoxy) is 1. The molecule has 0 amide bonds. The first-order chi connectivity index (χ1) is 13.1. The Morgan fingerprint density at radius 3 is 2.89 bits per heavy atom. The second-order valence-electron chi connectivity index (χ2n) is 6.09. The highest BCUT2D eigenvalue weighted by molar-refractivity contribution is 8.01. The molecule has 1 N–H and O–H groups in total. The Morgan fingerprint density at radius 2 is 2.15 bits per heavy atom. The number of Topliss-reactive ketones (excluding diaryl/α,β-unsaturated/α-hetero) is 1. The zero-order valence-electron chi connectivity index (χ0n) is 15.0. The van der Waals surface area contributed by atoms with Crippen LogP contribution in [0.2, 0.25) is 0 Å². The summed E-state index contributed by atoms with van der Waals surface area (Å²) in [6.07, 6.45) is 1.45. The summed E-state index contributed by atoms with van der Waals surface area (Å²) >= 11 is 2.94. The van der Waals surface area contributed by atoms with Crippen LogP contribution in [0.4, 0.5) is 5.13 Å². The van der Waals surface area contributed by atoms with E-state index in [1.165, 1.54) is 29.4 Å². The van der Waals surface area contributed by atoms with E-state index < -0.39 is 0 Å². The number of morpholine rings is 1. The number of H-pyrrole nitrogens is 1. The van der Waals surface area contributed by atoms with Gasteiger partial charge in [-0.25, -0.2) is 5.10 Å². The number of nitrogens with zero attached hydrogens (tertiary/aromatic N) is 6. The molecule has 1 aliphatic heterocycles. The fraction of sp³-hybridized carbons (Fsp3) is 0.438. The molecule has 0 spiro atoms. The number of thioether (sulfide) groups is 1. The highest BCUT2D eigenvalue weighted by Crippen LogP contribution is 2.29. The van der Waals surface area contributed by atoms with Crippen LogP contribution in [0.1, 0.15) is 21.7 Å². The van der Waals surface area contributed by atoms with Crippen molar-refractivity contribution in [3.63, 3.8) is 0 Å². The van der Waals surface area contributed by atoms with Crippen LogP contribution in [0.25, 0.3) is 5.95 Å². The number of hydrogen-bond acceptors (Lipinski definition) is 9. The molecule has 142 valence electrons. The molecule has 0 radical (unpaired) electrons. The van der Waals surface area contributed by atoms with Crippen LogP contribution in [0.3, 0.4) is 0 Å². The Kier molecular flexibility index (Phi) is 5.23. The van der Waals surface area contributed by atoms with E-state index >= 15 is 0 Å². The Bertz CT molecular complexity index is 929. The Morgan fingerprint density at radius 1 is 1.33 bits per heavy atom. The van der Waals surface area contributed by atoms with Crippen molar-refractivity contribution in [2.24, 2.45) is 0 Å². The summed E-state index contributed by atoms with van der Waals surface area (Å²) in [5.41, 5.74) is 2.47. The zero-order chi connectivity index (χ0) is 18.8. The molecule has 11 heteroatoms. The lowest BCUT2D eigenvalue weighted by Gasteiger charge is -2.25. The largest absolute Gasteiger partial charge is 0.378 e. The number of hydrogen-bond donors (Lipinski definition) is 1. The summed E-state index contributed by atoms with van der Waals surface area (Å²) in [7, 11) is 0. The van der Waals surface area contributed by atoms with Gasteiger partial charge in [0, 0.05) is 30.0 Å². The SMILES string of the molecule is Cc1cc(C(=O)CSc2nnc(N3CCOCC3)s2)c(C)n1-c1ncn[nH]1. The molecule has 0 unspecified atom stereocenters. The monoisotopic (exact) mass is 405 g/mol. The number of rotatable bonds is 6. The molecule has 0 saturated carbocycles. The van der Waals surface area contributed by atoms with Crippen molar-refractivity contribution in [2.45, 2.75) is 18.2 Å². The van der Waals surface area contributed by atoms with Gasteiger partial charge in [-0.05, 0) is 19.9 Å². The molecule has 1 saturated heterocycles. The lowest BCUT2D eigenvalue weighted by atomic mass is 10.2. The first-order valence-corrected chi connectivity index (χ1v) is 10.3. The molecule has 1 fully saturated rings. The van der Waals surface area contributed by atoms with Gasteiger partial charge < -0.3 is 9.64 Å². The zero-order valence-corrected chi connectivity index (χ0v) is 16.6. The van der Waals surface area contributed by atoms with E-state index in [4.69, 9.17) is 4.74 Å². The third kappa shape index (κ3) is 3.75. The Hall–Kier alpha value is -2.24. The second kappa shape index (κ2) is 7.79. The van der Waals surface area contributed by atoms with E-state index in [9.17, 15) is 4.79 Å². The van der Waals surface area contributed by atoms with Gasteiger partial charge in [-0.2, -0.15) is 10.1 Å². The predicted molar refractivity (Wildman–Crippen MR) is 103 cm³/mol. The average Bonchev–Trinajstić information content (AvgIpc) is 3.41. The topological polar surface area (TPSA) is 102 Å². The maximum Gasteiger partial charge on any atom is 0.229 e. The van der Waals surface area contributed by atoms with Gasteiger partial charge >= 0.3 is 0 Å². The third-order valence-electron chi connectivity index (χ3n) is 4.35. The fourth-order valence-electron chi connectivity index (χ4n) is 3.03. The van der Waals surface area contributed by atoms with E-state index in [0.29, 0.717) is 30.5 Å². The van der Waals surface area contributed by atoms with Crippen molar-refractivity contribution in [1.82, 2.24) is 29.9 Å². The molecule has 27 heavy (non-hydrogen) atoms. The van der Waals surface area contributed by atoms with Gasteiger partial charge in [0.1, 0.15) is 6.33 Å². The number of ketones is 1. The molecule has 9 nitrogen and oxygen atoms in total. The second-order valence-corrected chi connectivity index (χ2v) is 8.27. The lowest BCUT2D eigenvalue weighted by molar-refractivity contribution is 0.102. The number of carbonyl (C=O) groups excluding carboxylic acids is 1. The van der Waals surface area contributed by atoms with E-state index in [1.807, 2.05) is 24.5 Å². The van der Waals surface area contributed by atoms with Crippen molar-refractivity contribution >= 4 is 34.0 Å². The number of aromatic nitrogens is 6. The average molecular weight is 406 g/mol. The predicted octanol–water partition coefficient (Wildman–Crippen LogP) is 1.88. The molecular formula is C16H19N7O2S2. The van der Waals surface area contributed by atoms with Crippen LogP contribution >= 0.6 is 23.1 Å². The molecule has 3 aromatic rings. The highest BCUT2D eigenvalue weighted by atomic mass is 32.2. The van der Waals surface area contributed by atoms with Crippen molar-refractivity contribution in [2.75, 3.05) is 37.0 Å². The highest BCUT2D eigenvalue weighted by Gasteiger charge is 2.20. The van der Waals surface area contributed by atoms with Gasteiger partial charge in [0.15, 0.2) is 10.1 Å². The first kappa shape index (κ1) is 18.1. The van der Waals surface area contributed by atoms with Gasteiger partial charge in [0.2, 0.25) is 11.1 Å². The van der Waals surface area contributed by atoms with Gasteiger partial charge in [-0.3, -0.25) is 9.36 Å². The molecule has 0 atom stereocenters. The molecule has 1 aliphatic rings. The van der Waals surface area contributed by atoms with Crippen LogP contribution in [0, 0.1) is 13.8 Å². The fourth-order valence-corrected chi connectivity index (χ4v) is 4.80. The Labute approximate surface area is 164 Å². The van der Waals surface area contributed by atoms with E-state index in [0.717, 1.165) is 33.9 Å². The molecule has 0 bridgehead atoms. The van der Waals surface area contributed by atoms with E-state index in [2.05, 4.69) is 30.3 Å². The number of anilines is 1. The minimum Gasteiger partial charge on any atom is -0.378 e.